The minimum Gasteiger partial charge on any atom is -0.497 e. The topological polar surface area (TPSA) is 106 Å². The van der Waals surface area contributed by atoms with E-state index in [9.17, 15) is 14.4 Å². The summed E-state index contributed by atoms with van der Waals surface area (Å²) in [4.78, 5) is 41.5. The van der Waals surface area contributed by atoms with E-state index in [1.54, 1.807) is 73.8 Å². The number of ether oxygens (including phenoxy) is 2. The number of nitrogens with one attached hydrogen (secondary N) is 3. The Kier molecular flexibility index (Phi) is 11.5. The number of amides is 3. The summed E-state index contributed by atoms with van der Waals surface area (Å²) >= 11 is 1.37. The van der Waals surface area contributed by atoms with Gasteiger partial charge in [0.25, 0.3) is 11.8 Å². The SMILES string of the molecule is COc1ccc(OC)c(/C=C(/NC(=O)c2ccccc2)C(=O)Nc2cccc(SC(C(=O)Nc3cc(C)ccc3C)c3ccccc3)c2)c1. The Morgan fingerprint density at radius 2 is 1.47 bits per heavy atom. The molecule has 0 heterocycles. The summed E-state index contributed by atoms with van der Waals surface area (Å²) in [6.45, 7) is 3.94. The summed E-state index contributed by atoms with van der Waals surface area (Å²) < 4.78 is 10.9. The van der Waals surface area contributed by atoms with Gasteiger partial charge in [-0.1, -0.05) is 66.7 Å². The van der Waals surface area contributed by atoms with Crippen LogP contribution in [0.4, 0.5) is 11.4 Å². The average Bonchev–Trinajstić information content (AvgIpc) is 3.12. The molecule has 1 unspecified atom stereocenters. The normalized spacial score (nSPS) is 11.6. The van der Waals surface area contributed by atoms with Gasteiger partial charge in [0.1, 0.15) is 22.4 Å². The first-order valence-corrected chi connectivity index (χ1v) is 16.4. The van der Waals surface area contributed by atoms with Crippen molar-refractivity contribution in [2.45, 2.75) is 24.0 Å². The van der Waals surface area contributed by atoms with Crippen molar-refractivity contribution in [2.75, 3.05) is 24.9 Å². The number of carbonyl (C=O) groups is 3. The largest absolute Gasteiger partial charge is 0.497 e. The molecule has 1 atom stereocenters. The Hall–Kier alpha value is -5.80. The lowest BCUT2D eigenvalue weighted by Gasteiger charge is -2.19. The number of anilines is 2. The zero-order chi connectivity index (χ0) is 34.8. The molecule has 0 aliphatic rings. The van der Waals surface area contributed by atoms with Crippen LogP contribution in [0.2, 0.25) is 0 Å². The summed E-state index contributed by atoms with van der Waals surface area (Å²) in [5.41, 5.74) is 5.01. The number of rotatable bonds is 12. The van der Waals surface area contributed by atoms with Crippen LogP contribution in [0.15, 0.2) is 132 Å². The van der Waals surface area contributed by atoms with Gasteiger partial charge in [-0.15, -0.1) is 11.8 Å². The van der Waals surface area contributed by atoms with E-state index >= 15 is 0 Å². The van der Waals surface area contributed by atoms with E-state index in [2.05, 4.69) is 16.0 Å². The fourth-order valence-electron chi connectivity index (χ4n) is 5.00. The molecule has 8 nitrogen and oxygen atoms in total. The quantitative estimate of drug-likeness (QED) is 0.0913. The average molecular weight is 672 g/mol. The second-order valence-corrected chi connectivity index (χ2v) is 12.4. The van der Waals surface area contributed by atoms with Gasteiger partial charge in [0.15, 0.2) is 0 Å². The molecule has 5 aromatic carbocycles. The van der Waals surface area contributed by atoms with Gasteiger partial charge in [-0.25, -0.2) is 0 Å². The van der Waals surface area contributed by atoms with E-state index in [-0.39, 0.29) is 11.6 Å². The van der Waals surface area contributed by atoms with Crippen LogP contribution in [0.1, 0.15) is 37.9 Å². The molecule has 3 N–H and O–H groups in total. The van der Waals surface area contributed by atoms with E-state index in [0.29, 0.717) is 28.3 Å². The van der Waals surface area contributed by atoms with Gasteiger partial charge in [-0.05, 0) is 91.2 Å². The van der Waals surface area contributed by atoms with Gasteiger partial charge in [0.05, 0.1) is 14.2 Å². The Bertz CT molecular complexity index is 1980. The van der Waals surface area contributed by atoms with Crippen LogP contribution in [-0.4, -0.2) is 31.9 Å². The van der Waals surface area contributed by atoms with Crippen molar-refractivity contribution >= 4 is 46.9 Å². The van der Waals surface area contributed by atoms with E-state index in [4.69, 9.17) is 9.47 Å². The lowest BCUT2D eigenvalue weighted by Crippen LogP contribution is -2.30. The van der Waals surface area contributed by atoms with Crippen molar-refractivity contribution in [3.05, 3.63) is 155 Å². The summed E-state index contributed by atoms with van der Waals surface area (Å²) in [6, 6.07) is 36.6. The summed E-state index contributed by atoms with van der Waals surface area (Å²) in [6.07, 6.45) is 1.54. The van der Waals surface area contributed by atoms with Gasteiger partial charge in [-0.2, -0.15) is 0 Å². The van der Waals surface area contributed by atoms with Crippen LogP contribution >= 0.6 is 11.8 Å². The van der Waals surface area contributed by atoms with Crippen LogP contribution in [-0.2, 0) is 9.59 Å². The third-order valence-electron chi connectivity index (χ3n) is 7.60. The molecule has 0 aliphatic heterocycles. The van der Waals surface area contributed by atoms with Crippen molar-refractivity contribution in [1.82, 2.24) is 5.32 Å². The molecule has 0 bridgehead atoms. The molecule has 49 heavy (non-hydrogen) atoms. The predicted octanol–water partition coefficient (Wildman–Crippen LogP) is 8.20. The predicted molar refractivity (Wildman–Crippen MR) is 196 cm³/mol. The van der Waals surface area contributed by atoms with Gasteiger partial charge in [0.2, 0.25) is 5.91 Å². The second kappa shape index (κ2) is 16.3. The highest BCUT2D eigenvalue weighted by molar-refractivity contribution is 8.00. The van der Waals surface area contributed by atoms with Crippen LogP contribution in [0.3, 0.4) is 0 Å². The first kappa shape index (κ1) is 34.5. The van der Waals surface area contributed by atoms with Gasteiger partial charge < -0.3 is 25.4 Å². The molecule has 248 valence electrons. The highest BCUT2D eigenvalue weighted by atomic mass is 32.2. The third kappa shape index (κ3) is 9.18. The maximum absolute atomic E-state index is 13.8. The lowest BCUT2D eigenvalue weighted by molar-refractivity contribution is -0.116. The maximum atomic E-state index is 13.8. The minimum absolute atomic E-state index is 0.00599. The molecule has 0 fully saturated rings. The Labute approximate surface area is 290 Å². The zero-order valence-electron chi connectivity index (χ0n) is 27.7. The van der Waals surface area contributed by atoms with E-state index in [0.717, 1.165) is 27.3 Å². The molecular weight excluding hydrogens is 635 g/mol. The summed E-state index contributed by atoms with van der Waals surface area (Å²) in [5.74, 6) is -0.122. The molecule has 5 aromatic rings. The number of methoxy groups -OCH3 is 2. The number of benzene rings is 5. The molecule has 0 saturated carbocycles. The van der Waals surface area contributed by atoms with E-state index in [1.807, 2.05) is 74.5 Å². The fourth-order valence-corrected chi connectivity index (χ4v) is 6.08. The van der Waals surface area contributed by atoms with Crippen LogP contribution < -0.4 is 25.4 Å². The fraction of sp³-hybridized carbons (Fsp3) is 0.125. The Morgan fingerprint density at radius 3 is 2.18 bits per heavy atom. The number of aryl methyl sites for hydroxylation is 2. The first-order valence-electron chi connectivity index (χ1n) is 15.6. The van der Waals surface area contributed by atoms with E-state index in [1.165, 1.54) is 18.9 Å². The smallest absolute Gasteiger partial charge is 0.272 e. The highest BCUT2D eigenvalue weighted by Crippen LogP contribution is 2.37. The highest BCUT2D eigenvalue weighted by Gasteiger charge is 2.23. The monoisotopic (exact) mass is 671 g/mol. The van der Waals surface area contributed by atoms with Gasteiger partial charge in [0, 0.05) is 27.4 Å². The van der Waals surface area contributed by atoms with Crippen LogP contribution in [0.25, 0.3) is 6.08 Å². The molecule has 0 aliphatic carbocycles. The number of hydrogen-bond donors (Lipinski definition) is 3. The number of thioether (sulfide) groups is 1. The zero-order valence-corrected chi connectivity index (χ0v) is 28.5. The van der Waals surface area contributed by atoms with Crippen molar-refractivity contribution in [2.24, 2.45) is 0 Å². The molecule has 0 saturated heterocycles. The number of carbonyl (C=O) groups excluding carboxylic acids is 3. The Morgan fingerprint density at radius 1 is 0.735 bits per heavy atom. The van der Waals surface area contributed by atoms with Gasteiger partial charge >= 0.3 is 0 Å². The molecule has 3 amide bonds. The minimum atomic E-state index is -0.576. The molecule has 5 rings (SSSR count). The van der Waals surface area contributed by atoms with Crippen LogP contribution in [0.5, 0.6) is 11.5 Å². The van der Waals surface area contributed by atoms with Crippen molar-refractivity contribution < 1.29 is 23.9 Å². The van der Waals surface area contributed by atoms with Crippen molar-refractivity contribution in [3.8, 4) is 11.5 Å². The molecule has 0 aromatic heterocycles. The molecule has 0 radical (unpaired) electrons. The third-order valence-corrected chi connectivity index (χ3v) is 8.85. The molecule has 9 heteroatoms. The lowest BCUT2D eigenvalue weighted by atomic mass is 10.1. The second-order valence-electron chi connectivity index (χ2n) is 11.2. The maximum Gasteiger partial charge on any atom is 0.272 e. The standard InChI is InChI=1S/C40H37N3O5S/c1-26-18-19-27(2)34(22-26)42-40(46)37(28-12-7-5-8-13-28)49-33-17-11-16-31(25-33)41-39(45)35(43-38(44)29-14-9-6-10-15-29)24-30-23-32(47-3)20-21-36(30)48-4/h5-25,37H,1-4H3,(H,41,45)(H,42,46)(H,43,44)/b35-24+. The van der Waals surface area contributed by atoms with E-state index < -0.39 is 17.1 Å². The molecule has 0 spiro atoms. The summed E-state index contributed by atoms with van der Waals surface area (Å²) in [5, 5.41) is 8.21. The first-order chi connectivity index (χ1) is 23.7. The number of hydrogen-bond acceptors (Lipinski definition) is 6. The molecular formula is C40H37N3O5S. The summed E-state index contributed by atoms with van der Waals surface area (Å²) in [7, 11) is 3.07. The van der Waals surface area contributed by atoms with Crippen molar-refractivity contribution in [1.29, 1.82) is 0 Å². The van der Waals surface area contributed by atoms with Crippen LogP contribution in [0, 0.1) is 13.8 Å². The Balaban J connectivity index is 1.42. The van der Waals surface area contributed by atoms with Gasteiger partial charge in [-0.3, -0.25) is 14.4 Å². The van der Waals surface area contributed by atoms with Crippen molar-refractivity contribution in [3.63, 3.8) is 0 Å².